The Morgan fingerprint density at radius 3 is 2.52 bits per heavy atom. The second-order valence-corrected chi connectivity index (χ2v) is 7.89. The van der Waals surface area contributed by atoms with Crippen LogP contribution < -0.4 is 5.32 Å². The van der Waals surface area contributed by atoms with Crippen LogP contribution in [0.5, 0.6) is 0 Å². The number of aryl methyl sites for hydroxylation is 2. The molecule has 0 radical (unpaired) electrons. The first-order valence-electron chi connectivity index (χ1n) is 11.6. The molecular weight excluding hydrogens is 358 g/mol. The van der Waals surface area contributed by atoms with Gasteiger partial charge in [-0.2, -0.15) is 0 Å². The molecule has 2 aromatic rings. The van der Waals surface area contributed by atoms with Crippen LogP contribution in [0.1, 0.15) is 83.9 Å². The van der Waals surface area contributed by atoms with Crippen LogP contribution in [-0.2, 0) is 17.8 Å². The number of aromatic nitrogens is 2. The lowest BCUT2D eigenvalue weighted by Gasteiger charge is -2.10. The van der Waals surface area contributed by atoms with Gasteiger partial charge in [-0.05, 0) is 44.4 Å². The Labute approximate surface area is 176 Å². The molecule has 1 amide bonds. The Bertz CT molecular complexity index is 748. The molecule has 1 aromatic carbocycles. The van der Waals surface area contributed by atoms with Gasteiger partial charge in [-0.3, -0.25) is 4.79 Å². The summed E-state index contributed by atoms with van der Waals surface area (Å²) in [6.45, 7) is 5.95. The lowest BCUT2D eigenvalue weighted by atomic mass is 10.1. The first kappa shape index (κ1) is 23.2. The maximum Gasteiger partial charge on any atom is 0.243 e. The second-order valence-electron chi connectivity index (χ2n) is 7.89. The fourth-order valence-corrected chi connectivity index (χ4v) is 3.80. The molecule has 1 heterocycles. The molecule has 0 aliphatic rings. The Hall–Kier alpha value is -2.10. The summed E-state index contributed by atoms with van der Waals surface area (Å²) in [6, 6.07) is 8.51. The van der Waals surface area contributed by atoms with Crippen LogP contribution in [0, 0.1) is 0 Å². The third-order valence-electron chi connectivity index (χ3n) is 5.41. The van der Waals surface area contributed by atoms with Gasteiger partial charge in [0.1, 0.15) is 5.82 Å². The van der Waals surface area contributed by atoms with E-state index in [0.29, 0.717) is 0 Å². The predicted molar refractivity (Wildman–Crippen MR) is 123 cm³/mol. The molecule has 0 atom stereocenters. The molecule has 160 valence electrons. The zero-order valence-electron chi connectivity index (χ0n) is 18.5. The number of rotatable bonds is 15. The van der Waals surface area contributed by atoms with Gasteiger partial charge in [0.15, 0.2) is 0 Å². The van der Waals surface area contributed by atoms with Crippen molar-refractivity contribution in [3.05, 3.63) is 42.2 Å². The van der Waals surface area contributed by atoms with Gasteiger partial charge < -0.3 is 9.88 Å². The van der Waals surface area contributed by atoms with Crippen LogP contribution in [0.4, 0.5) is 0 Å². The summed E-state index contributed by atoms with van der Waals surface area (Å²) in [7, 11) is 0. The van der Waals surface area contributed by atoms with Crippen LogP contribution in [0.15, 0.2) is 36.4 Å². The summed E-state index contributed by atoms with van der Waals surface area (Å²) >= 11 is 0. The highest BCUT2D eigenvalue weighted by Gasteiger charge is 2.10. The number of amides is 1. The number of para-hydroxylation sites is 2. The monoisotopic (exact) mass is 397 g/mol. The minimum atomic E-state index is 0.00369. The van der Waals surface area contributed by atoms with Crippen molar-refractivity contribution < 1.29 is 4.79 Å². The number of allylic oxidation sites excluding steroid dienone is 1. The van der Waals surface area contributed by atoms with Crippen molar-refractivity contribution in [2.75, 3.05) is 6.54 Å². The number of fused-ring (bicyclic) bond motifs is 1. The van der Waals surface area contributed by atoms with Crippen LogP contribution in [0.3, 0.4) is 0 Å². The fourth-order valence-electron chi connectivity index (χ4n) is 3.80. The number of benzene rings is 1. The molecule has 4 heteroatoms. The van der Waals surface area contributed by atoms with Gasteiger partial charge in [-0.1, -0.05) is 70.1 Å². The van der Waals surface area contributed by atoms with E-state index >= 15 is 0 Å². The first-order chi connectivity index (χ1) is 14.3. The van der Waals surface area contributed by atoms with Gasteiger partial charge in [0, 0.05) is 19.5 Å². The minimum absolute atomic E-state index is 0.00369. The van der Waals surface area contributed by atoms with Crippen LogP contribution >= 0.6 is 0 Å². The van der Waals surface area contributed by atoms with Crippen molar-refractivity contribution >= 4 is 16.9 Å². The summed E-state index contributed by atoms with van der Waals surface area (Å²) in [4.78, 5) is 16.3. The van der Waals surface area contributed by atoms with Crippen LogP contribution in [0.25, 0.3) is 11.0 Å². The number of unbranched alkanes of at least 4 members (excludes halogenated alkanes) is 8. The molecule has 2 rings (SSSR count). The summed E-state index contributed by atoms with van der Waals surface area (Å²) in [5, 5.41) is 2.92. The average Bonchev–Trinajstić information content (AvgIpc) is 3.07. The molecule has 1 N–H and O–H groups in total. The van der Waals surface area contributed by atoms with Crippen molar-refractivity contribution in [2.24, 2.45) is 0 Å². The minimum Gasteiger partial charge on any atom is -0.353 e. The van der Waals surface area contributed by atoms with E-state index in [9.17, 15) is 4.79 Å². The Morgan fingerprint density at radius 2 is 1.72 bits per heavy atom. The third-order valence-corrected chi connectivity index (χ3v) is 5.41. The smallest absolute Gasteiger partial charge is 0.243 e. The van der Waals surface area contributed by atoms with Crippen molar-refractivity contribution in [2.45, 2.75) is 91.0 Å². The number of carbonyl (C=O) groups excluding carboxylic acids is 1. The highest BCUT2D eigenvalue weighted by Crippen LogP contribution is 2.19. The van der Waals surface area contributed by atoms with Crippen molar-refractivity contribution in [3.63, 3.8) is 0 Å². The van der Waals surface area contributed by atoms with E-state index in [-0.39, 0.29) is 5.91 Å². The Kier molecular flexibility index (Phi) is 11.2. The Balaban J connectivity index is 1.78. The summed E-state index contributed by atoms with van der Waals surface area (Å²) < 4.78 is 2.44. The number of nitrogens with zero attached hydrogens (tertiary/aromatic N) is 2. The average molecular weight is 398 g/mol. The third kappa shape index (κ3) is 8.43. The highest BCUT2D eigenvalue weighted by molar-refractivity contribution is 5.87. The maximum atomic E-state index is 11.4. The van der Waals surface area contributed by atoms with E-state index in [2.05, 4.69) is 41.1 Å². The van der Waals surface area contributed by atoms with Gasteiger partial charge in [0.2, 0.25) is 5.91 Å². The van der Waals surface area contributed by atoms with E-state index in [1.807, 2.05) is 6.92 Å². The molecule has 0 aliphatic carbocycles. The lowest BCUT2D eigenvalue weighted by molar-refractivity contribution is -0.116. The first-order valence-corrected chi connectivity index (χ1v) is 11.6. The van der Waals surface area contributed by atoms with E-state index < -0.39 is 0 Å². The molecular formula is C25H39N3O. The van der Waals surface area contributed by atoms with Gasteiger partial charge >= 0.3 is 0 Å². The normalized spacial score (nSPS) is 11.5. The molecule has 0 bridgehead atoms. The van der Waals surface area contributed by atoms with Crippen LogP contribution in [-0.4, -0.2) is 22.0 Å². The molecule has 0 unspecified atom stereocenters. The highest BCUT2D eigenvalue weighted by atomic mass is 16.1. The van der Waals surface area contributed by atoms with Crippen molar-refractivity contribution in [1.82, 2.24) is 14.9 Å². The molecule has 0 aliphatic heterocycles. The number of nitrogens with one attached hydrogen (secondary N) is 1. The van der Waals surface area contributed by atoms with Crippen LogP contribution in [0.2, 0.25) is 0 Å². The molecule has 0 fully saturated rings. The van der Waals surface area contributed by atoms with Gasteiger partial charge in [-0.15, -0.1) is 0 Å². The van der Waals surface area contributed by atoms with Gasteiger partial charge in [0.25, 0.3) is 0 Å². The summed E-state index contributed by atoms with van der Waals surface area (Å²) in [5.41, 5.74) is 2.39. The van der Waals surface area contributed by atoms with E-state index in [0.717, 1.165) is 44.3 Å². The van der Waals surface area contributed by atoms with E-state index in [4.69, 9.17) is 4.98 Å². The molecule has 1 aromatic heterocycles. The standard InChI is InChI=1S/C25H39N3O/c1-3-5-6-7-8-9-15-21-28-23-18-13-12-17-22(23)27-24(28)19-11-10-14-20-26-25(29)16-4-2/h4,12-13,16-18H,3,5-11,14-15,19-21H2,1-2H3,(H,26,29)/b16-4+. The SMILES string of the molecule is C/C=C/C(=O)NCCCCCc1nc2ccccc2n1CCCCCCCCC. The Morgan fingerprint density at radius 1 is 1.00 bits per heavy atom. The van der Waals surface area contributed by atoms with Gasteiger partial charge in [0.05, 0.1) is 11.0 Å². The van der Waals surface area contributed by atoms with E-state index in [1.165, 1.54) is 56.3 Å². The maximum absolute atomic E-state index is 11.4. The predicted octanol–water partition coefficient (Wildman–Crippen LogP) is 6.19. The summed E-state index contributed by atoms with van der Waals surface area (Å²) in [5.74, 6) is 1.22. The van der Waals surface area contributed by atoms with E-state index in [1.54, 1.807) is 12.2 Å². The fraction of sp³-hybridized carbons (Fsp3) is 0.600. The number of imidazole rings is 1. The molecule has 0 saturated carbocycles. The number of hydrogen-bond acceptors (Lipinski definition) is 2. The van der Waals surface area contributed by atoms with Gasteiger partial charge in [-0.25, -0.2) is 4.98 Å². The van der Waals surface area contributed by atoms with Crippen molar-refractivity contribution in [3.8, 4) is 0 Å². The molecule has 0 saturated heterocycles. The number of carbonyl (C=O) groups is 1. The molecule has 0 spiro atoms. The van der Waals surface area contributed by atoms with Crippen molar-refractivity contribution in [1.29, 1.82) is 0 Å². The summed E-state index contributed by atoms with van der Waals surface area (Å²) in [6.07, 6.45) is 16.9. The molecule has 29 heavy (non-hydrogen) atoms. The quantitative estimate of drug-likeness (QED) is 0.288. The zero-order chi connectivity index (χ0) is 20.7. The zero-order valence-corrected chi connectivity index (χ0v) is 18.5. The second kappa shape index (κ2) is 14.0. The lowest BCUT2D eigenvalue weighted by Crippen LogP contribution is -2.21. The molecule has 4 nitrogen and oxygen atoms in total. The largest absolute Gasteiger partial charge is 0.353 e. The topological polar surface area (TPSA) is 46.9 Å². The number of hydrogen-bond donors (Lipinski definition) is 1.